The third kappa shape index (κ3) is 4.15. The minimum atomic E-state index is -0.731. The fraction of sp³-hybridized carbons (Fsp3) is 0.263. The third-order valence-electron chi connectivity index (χ3n) is 4.02. The van der Waals surface area contributed by atoms with E-state index < -0.39 is 6.10 Å². The first kappa shape index (κ1) is 17.0. The summed E-state index contributed by atoms with van der Waals surface area (Å²) in [6.45, 7) is 2.35. The van der Waals surface area contributed by atoms with Gasteiger partial charge in [-0.2, -0.15) is 0 Å². The maximum Gasteiger partial charge on any atom is 0.265 e. The van der Waals surface area contributed by atoms with Crippen molar-refractivity contribution in [2.75, 3.05) is 16.8 Å². The number of halogens is 1. The average molecular weight is 342 g/mol. The molecule has 0 saturated carbocycles. The van der Waals surface area contributed by atoms with Crippen molar-refractivity contribution in [2.24, 2.45) is 0 Å². The van der Waals surface area contributed by atoms with Gasteiger partial charge in [-0.3, -0.25) is 9.59 Å². The Morgan fingerprint density at radius 1 is 1.16 bits per heavy atom. The SMILES string of the molecule is C[C@@H](Oc1ccc(F)cc1)C(=O)Nc1ccc(N2CCCC2=O)cc1. The Balaban J connectivity index is 1.58. The number of carbonyl (C=O) groups is 2. The summed E-state index contributed by atoms with van der Waals surface area (Å²) in [4.78, 5) is 25.7. The van der Waals surface area contributed by atoms with E-state index in [1.165, 1.54) is 24.3 Å². The van der Waals surface area contributed by atoms with E-state index in [0.717, 1.165) is 18.7 Å². The molecule has 0 bridgehead atoms. The molecule has 2 aromatic carbocycles. The number of benzene rings is 2. The molecule has 5 nitrogen and oxygen atoms in total. The highest BCUT2D eigenvalue weighted by Crippen LogP contribution is 2.23. The molecule has 130 valence electrons. The highest BCUT2D eigenvalue weighted by molar-refractivity contribution is 5.96. The van der Waals surface area contributed by atoms with Crippen LogP contribution in [0.2, 0.25) is 0 Å². The standard InChI is InChI=1S/C19H19FN2O3/c1-13(25-17-10-4-14(20)5-11-17)19(24)21-15-6-8-16(9-7-15)22-12-2-3-18(22)23/h4-11,13H,2-3,12H2,1H3,(H,21,24)/t13-/m1/s1. The maximum absolute atomic E-state index is 12.9. The minimum Gasteiger partial charge on any atom is -0.481 e. The van der Waals surface area contributed by atoms with Gasteiger partial charge in [0.25, 0.3) is 5.91 Å². The van der Waals surface area contributed by atoms with Crippen molar-refractivity contribution in [2.45, 2.75) is 25.9 Å². The molecular formula is C19H19FN2O3. The number of hydrogen-bond donors (Lipinski definition) is 1. The van der Waals surface area contributed by atoms with E-state index >= 15 is 0 Å². The van der Waals surface area contributed by atoms with E-state index in [9.17, 15) is 14.0 Å². The largest absolute Gasteiger partial charge is 0.481 e. The van der Waals surface area contributed by atoms with Crippen molar-refractivity contribution in [3.05, 3.63) is 54.3 Å². The predicted molar refractivity (Wildman–Crippen MR) is 93.1 cm³/mol. The van der Waals surface area contributed by atoms with Crippen LogP contribution in [0.4, 0.5) is 15.8 Å². The van der Waals surface area contributed by atoms with Crippen LogP contribution >= 0.6 is 0 Å². The Morgan fingerprint density at radius 2 is 1.84 bits per heavy atom. The zero-order valence-corrected chi connectivity index (χ0v) is 13.9. The van der Waals surface area contributed by atoms with Crippen molar-refractivity contribution < 1.29 is 18.7 Å². The molecule has 0 aromatic heterocycles. The van der Waals surface area contributed by atoms with Crippen molar-refractivity contribution >= 4 is 23.2 Å². The lowest BCUT2D eigenvalue weighted by Crippen LogP contribution is -2.30. The van der Waals surface area contributed by atoms with Gasteiger partial charge in [0.1, 0.15) is 11.6 Å². The number of carbonyl (C=O) groups excluding carboxylic acids is 2. The average Bonchev–Trinajstić information content (AvgIpc) is 3.03. The Labute approximate surface area is 145 Å². The highest BCUT2D eigenvalue weighted by Gasteiger charge is 2.21. The first-order valence-corrected chi connectivity index (χ1v) is 8.16. The fourth-order valence-corrected chi connectivity index (χ4v) is 2.66. The molecule has 0 unspecified atom stereocenters. The smallest absolute Gasteiger partial charge is 0.265 e. The van der Waals surface area contributed by atoms with Crippen LogP contribution < -0.4 is 15.0 Å². The number of nitrogens with one attached hydrogen (secondary N) is 1. The molecule has 25 heavy (non-hydrogen) atoms. The van der Waals surface area contributed by atoms with Crippen LogP contribution in [-0.2, 0) is 9.59 Å². The van der Waals surface area contributed by atoms with Crippen molar-refractivity contribution in [3.63, 3.8) is 0 Å². The van der Waals surface area contributed by atoms with Gasteiger partial charge in [0.05, 0.1) is 0 Å². The second-order valence-electron chi connectivity index (χ2n) is 5.90. The Bertz CT molecular complexity index is 759. The van der Waals surface area contributed by atoms with Crippen molar-refractivity contribution in [1.29, 1.82) is 0 Å². The van der Waals surface area contributed by atoms with Crippen LogP contribution in [-0.4, -0.2) is 24.5 Å². The number of anilines is 2. The number of nitrogens with zero attached hydrogens (tertiary/aromatic N) is 1. The molecule has 0 radical (unpaired) electrons. The van der Waals surface area contributed by atoms with Gasteiger partial charge in [0.15, 0.2) is 6.10 Å². The number of hydrogen-bond acceptors (Lipinski definition) is 3. The Morgan fingerprint density at radius 3 is 2.44 bits per heavy atom. The van der Waals surface area contributed by atoms with Crippen LogP contribution in [0.15, 0.2) is 48.5 Å². The molecular weight excluding hydrogens is 323 g/mol. The zero-order chi connectivity index (χ0) is 17.8. The monoisotopic (exact) mass is 342 g/mol. The number of amides is 2. The molecule has 1 saturated heterocycles. The molecule has 2 amide bonds. The first-order chi connectivity index (χ1) is 12.0. The quantitative estimate of drug-likeness (QED) is 0.906. The second kappa shape index (κ2) is 7.34. The summed E-state index contributed by atoms with van der Waals surface area (Å²) in [5.41, 5.74) is 1.45. The summed E-state index contributed by atoms with van der Waals surface area (Å²) in [6.07, 6.45) is 0.719. The van der Waals surface area contributed by atoms with Gasteiger partial charge >= 0.3 is 0 Å². The normalized spacial score (nSPS) is 15.1. The van der Waals surface area contributed by atoms with Crippen LogP contribution in [0.5, 0.6) is 5.75 Å². The molecule has 1 atom stereocenters. The predicted octanol–water partition coefficient (Wildman–Crippen LogP) is 3.36. The summed E-state index contributed by atoms with van der Waals surface area (Å²) in [5.74, 6) is -0.125. The van der Waals surface area contributed by atoms with Crippen LogP contribution in [0.1, 0.15) is 19.8 Å². The summed E-state index contributed by atoms with van der Waals surface area (Å²) in [7, 11) is 0. The van der Waals surface area contributed by atoms with Crippen LogP contribution in [0.3, 0.4) is 0 Å². The lowest BCUT2D eigenvalue weighted by molar-refractivity contribution is -0.122. The molecule has 1 heterocycles. The minimum absolute atomic E-state index is 0.123. The molecule has 1 aliphatic rings. The van der Waals surface area contributed by atoms with Crippen LogP contribution in [0.25, 0.3) is 0 Å². The van der Waals surface area contributed by atoms with Gasteiger partial charge in [-0.1, -0.05) is 0 Å². The van der Waals surface area contributed by atoms with Gasteiger partial charge in [-0.25, -0.2) is 4.39 Å². The second-order valence-corrected chi connectivity index (χ2v) is 5.90. The molecule has 6 heteroatoms. The topological polar surface area (TPSA) is 58.6 Å². The lowest BCUT2D eigenvalue weighted by atomic mass is 10.2. The molecule has 2 aromatic rings. The Kier molecular flexibility index (Phi) is 4.97. The number of rotatable bonds is 5. The van der Waals surface area contributed by atoms with Crippen molar-refractivity contribution in [1.82, 2.24) is 0 Å². The van der Waals surface area contributed by atoms with E-state index in [1.807, 2.05) is 12.1 Å². The molecule has 0 spiro atoms. The molecule has 3 rings (SSSR count). The molecule has 1 fully saturated rings. The Hall–Kier alpha value is -2.89. The molecule has 0 aliphatic carbocycles. The van der Waals surface area contributed by atoms with Crippen LogP contribution in [0, 0.1) is 5.82 Å². The summed E-state index contributed by atoms with van der Waals surface area (Å²) in [5, 5.41) is 2.76. The first-order valence-electron chi connectivity index (χ1n) is 8.16. The maximum atomic E-state index is 12.9. The van der Waals surface area contributed by atoms with E-state index in [1.54, 1.807) is 24.0 Å². The number of ether oxygens (including phenoxy) is 1. The molecule has 1 N–H and O–H groups in total. The van der Waals surface area contributed by atoms with Crippen molar-refractivity contribution in [3.8, 4) is 5.75 Å². The van der Waals surface area contributed by atoms with Gasteiger partial charge < -0.3 is 15.0 Å². The van der Waals surface area contributed by atoms with Gasteiger partial charge in [-0.15, -0.1) is 0 Å². The van der Waals surface area contributed by atoms with E-state index in [0.29, 0.717) is 17.9 Å². The summed E-state index contributed by atoms with van der Waals surface area (Å²) < 4.78 is 18.4. The molecule has 1 aliphatic heterocycles. The van der Waals surface area contributed by atoms with Gasteiger partial charge in [0.2, 0.25) is 5.91 Å². The zero-order valence-electron chi connectivity index (χ0n) is 13.9. The van der Waals surface area contributed by atoms with E-state index in [4.69, 9.17) is 4.74 Å². The van der Waals surface area contributed by atoms with Gasteiger partial charge in [0, 0.05) is 24.3 Å². The summed E-state index contributed by atoms with van der Waals surface area (Å²) in [6, 6.07) is 12.6. The van der Waals surface area contributed by atoms with E-state index in [-0.39, 0.29) is 17.6 Å². The summed E-state index contributed by atoms with van der Waals surface area (Å²) >= 11 is 0. The highest BCUT2D eigenvalue weighted by atomic mass is 19.1. The fourth-order valence-electron chi connectivity index (χ4n) is 2.66. The van der Waals surface area contributed by atoms with Gasteiger partial charge in [-0.05, 0) is 61.9 Å². The third-order valence-corrected chi connectivity index (χ3v) is 4.02. The van der Waals surface area contributed by atoms with E-state index in [2.05, 4.69) is 5.32 Å². The lowest BCUT2D eigenvalue weighted by Gasteiger charge is -2.17.